The summed E-state index contributed by atoms with van der Waals surface area (Å²) >= 11 is 0. The van der Waals surface area contributed by atoms with Gasteiger partial charge in [0.25, 0.3) is 0 Å². The van der Waals surface area contributed by atoms with Gasteiger partial charge < -0.3 is 15.2 Å². The summed E-state index contributed by atoms with van der Waals surface area (Å²) in [4.78, 5) is 0. The number of hydrogen-bond donors (Lipinski definition) is 1. The van der Waals surface area contributed by atoms with Crippen molar-refractivity contribution in [1.29, 1.82) is 0 Å². The molecule has 2 aromatic rings. The van der Waals surface area contributed by atoms with E-state index in [4.69, 9.17) is 15.2 Å². The lowest BCUT2D eigenvalue weighted by Crippen LogP contribution is -2.24. The van der Waals surface area contributed by atoms with Gasteiger partial charge in [0.15, 0.2) is 0 Å². The molecule has 0 amide bonds. The fraction of sp³-hybridized carbons (Fsp3) is 0.294. The number of methoxy groups -OCH3 is 1. The lowest BCUT2D eigenvalue weighted by atomic mass is 9.93. The molecule has 2 N–H and O–H groups in total. The molecule has 1 aliphatic rings. The van der Waals surface area contributed by atoms with Crippen LogP contribution in [0.1, 0.15) is 35.3 Å². The summed E-state index contributed by atoms with van der Waals surface area (Å²) in [5.74, 6) is 1.67. The van der Waals surface area contributed by atoms with Crippen molar-refractivity contribution in [3.63, 3.8) is 0 Å². The molecule has 0 radical (unpaired) electrons. The monoisotopic (exact) mass is 269 g/mol. The highest BCUT2D eigenvalue weighted by Crippen LogP contribution is 2.41. The second kappa shape index (κ2) is 5.17. The van der Waals surface area contributed by atoms with Crippen LogP contribution in [0.15, 0.2) is 42.5 Å². The number of benzene rings is 2. The van der Waals surface area contributed by atoms with Crippen LogP contribution in [-0.2, 0) is 0 Å². The van der Waals surface area contributed by atoms with E-state index in [9.17, 15) is 0 Å². The Bertz CT molecular complexity index is 624. The topological polar surface area (TPSA) is 44.5 Å². The summed E-state index contributed by atoms with van der Waals surface area (Å²) < 4.78 is 11.4. The SMILES string of the molecule is COc1ccc2c(c1)C(N)CC(c1cccc(C)c1)O2. The zero-order valence-electron chi connectivity index (χ0n) is 11.8. The molecule has 104 valence electrons. The summed E-state index contributed by atoms with van der Waals surface area (Å²) in [7, 11) is 1.66. The summed E-state index contributed by atoms with van der Waals surface area (Å²) in [6.07, 6.45) is 0.801. The lowest BCUT2D eigenvalue weighted by molar-refractivity contribution is 0.161. The van der Waals surface area contributed by atoms with E-state index >= 15 is 0 Å². The fourth-order valence-corrected chi connectivity index (χ4v) is 2.68. The van der Waals surface area contributed by atoms with Gasteiger partial charge in [-0.3, -0.25) is 0 Å². The van der Waals surface area contributed by atoms with E-state index in [1.807, 2.05) is 18.2 Å². The van der Waals surface area contributed by atoms with Crippen LogP contribution in [0.5, 0.6) is 11.5 Å². The van der Waals surface area contributed by atoms with Gasteiger partial charge >= 0.3 is 0 Å². The average molecular weight is 269 g/mol. The van der Waals surface area contributed by atoms with Crippen molar-refractivity contribution >= 4 is 0 Å². The predicted octanol–water partition coefficient (Wildman–Crippen LogP) is 3.53. The van der Waals surface area contributed by atoms with Crippen LogP contribution in [0, 0.1) is 6.92 Å². The van der Waals surface area contributed by atoms with Crippen LogP contribution in [0.3, 0.4) is 0 Å². The number of fused-ring (bicyclic) bond motifs is 1. The van der Waals surface area contributed by atoms with Gasteiger partial charge in [-0.2, -0.15) is 0 Å². The second-order valence-corrected chi connectivity index (χ2v) is 5.27. The molecule has 0 aromatic heterocycles. The maximum atomic E-state index is 6.30. The first-order valence-electron chi connectivity index (χ1n) is 6.84. The maximum Gasteiger partial charge on any atom is 0.126 e. The molecule has 0 saturated carbocycles. The van der Waals surface area contributed by atoms with Crippen molar-refractivity contribution in [2.45, 2.75) is 25.5 Å². The van der Waals surface area contributed by atoms with E-state index in [2.05, 4.69) is 31.2 Å². The van der Waals surface area contributed by atoms with E-state index < -0.39 is 0 Å². The summed E-state index contributed by atoms with van der Waals surface area (Å²) in [6.45, 7) is 2.09. The van der Waals surface area contributed by atoms with Gasteiger partial charge in [-0.1, -0.05) is 29.8 Å². The molecule has 1 aliphatic heterocycles. The molecule has 2 atom stereocenters. The van der Waals surface area contributed by atoms with Gasteiger partial charge in [0.1, 0.15) is 17.6 Å². The molecule has 0 bridgehead atoms. The Labute approximate surface area is 119 Å². The van der Waals surface area contributed by atoms with Crippen molar-refractivity contribution < 1.29 is 9.47 Å². The Morgan fingerprint density at radius 3 is 2.80 bits per heavy atom. The van der Waals surface area contributed by atoms with E-state index in [0.717, 1.165) is 23.5 Å². The van der Waals surface area contributed by atoms with Gasteiger partial charge in [0, 0.05) is 18.0 Å². The fourth-order valence-electron chi connectivity index (χ4n) is 2.68. The second-order valence-electron chi connectivity index (χ2n) is 5.27. The van der Waals surface area contributed by atoms with Crippen LogP contribution in [0.2, 0.25) is 0 Å². The Morgan fingerprint density at radius 2 is 2.05 bits per heavy atom. The lowest BCUT2D eigenvalue weighted by Gasteiger charge is -2.31. The van der Waals surface area contributed by atoms with Gasteiger partial charge in [-0.05, 0) is 30.7 Å². The largest absolute Gasteiger partial charge is 0.497 e. The number of nitrogens with two attached hydrogens (primary N) is 1. The third-order valence-corrected chi connectivity index (χ3v) is 3.77. The summed E-state index contributed by atoms with van der Waals surface area (Å²) in [6, 6.07) is 14.2. The Hall–Kier alpha value is -2.00. The van der Waals surface area contributed by atoms with Gasteiger partial charge in [0.2, 0.25) is 0 Å². The molecular formula is C17H19NO2. The number of aryl methyl sites for hydroxylation is 1. The van der Waals surface area contributed by atoms with Gasteiger partial charge in [0.05, 0.1) is 7.11 Å². The highest BCUT2D eigenvalue weighted by atomic mass is 16.5. The molecule has 0 fully saturated rings. The molecule has 3 nitrogen and oxygen atoms in total. The highest BCUT2D eigenvalue weighted by molar-refractivity contribution is 5.44. The minimum atomic E-state index is -0.0284. The van der Waals surface area contributed by atoms with E-state index in [1.54, 1.807) is 7.11 Å². The first-order chi connectivity index (χ1) is 9.67. The standard InChI is InChI=1S/C17H19NO2/c1-11-4-3-5-12(8-11)17-10-15(18)14-9-13(19-2)6-7-16(14)20-17/h3-9,15,17H,10,18H2,1-2H3. The number of hydrogen-bond acceptors (Lipinski definition) is 3. The van der Waals surface area contributed by atoms with Crippen LogP contribution in [0.25, 0.3) is 0 Å². The molecule has 0 saturated heterocycles. The average Bonchev–Trinajstić information content (AvgIpc) is 2.47. The van der Waals surface area contributed by atoms with Crippen LogP contribution in [-0.4, -0.2) is 7.11 Å². The minimum absolute atomic E-state index is 0.0193. The van der Waals surface area contributed by atoms with Crippen LogP contribution in [0.4, 0.5) is 0 Å². The Kier molecular flexibility index (Phi) is 3.36. The molecule has 1 heterocycles. The quantitative estimate of drug-likeness (QED) is 0.907. The zero-order chi connectivity index (χ0) is 14.1. The van der Waals surface area contributed by atoms with E-state index in [-0.39, 0.29) is 12.1 Å². The molecule has 0 spiro atoms. The van der Waals surface area contributed by atoms with Crippen molar-refractivity contribution in [1.82, 2.24) is 0 Å². The molecule has 20 heavy (non-hydrogen) atoms. The first kappa shape index (κ1) is 13.0. The van der Waals surface area contributed by atoms with Crippen LogP contribution >= 0.6 is 0 Å². The predicted molar refractivity (Wildman–Crippen MR) is 79.1 cm³/mol. The summed E-state index contributed by atoms with van der Waals surface area (Å²) in [5.41, 5.74) is 9.74. The Balaban J connectivity index is 1.93. The molecule has 2 aromatic carbocycles. The zero-order valence-corrected chi connectivity index (χ0v) is 11.8. The maximum absolute atomic E-state index is 6.30. The normalized spacial score (nSPS) is 20.9. The van der Waals surface area contributed by atoms with Gasteiger partial charge in [-0.25, -0.2) is 0 Å². The van der Waals surface area contributed by atoms with Crippen molar-refractivity contribution in [2.75, 3.05) is 7.11 Å². The van der Waals surface area contributed by atoms with Gasteiger partial charge in [-0.15, -0.1) is 0 Å². The van der Waals surface area contributed by atoms with E-state index in [0.29, 0.717) is 0 Å². The smallest absolute Gasteiger partial charge is 0.126 e. The molecule has 2 unspecified atom stereocenters. The molecule has 0 aliphatic carbocycles. The van der Waals surface area contributed by atoms with Crippen molar-refractivity contribution in [3.05, 3.63) is 59.2 Å². The van der Waals surface area contributed by atoms with Crippen LogP contribution < -0.4 is 15.2 Å². The molecule has 3 rings (SSSR count). The third-order valence-electron chi connectivity index (χ3n) is 3.77. The summed E-state index contributed by atoms with van der Waals surface area (Å²) in [5, 5.41) is 0. The highest BCUT2D eigenvalue weighted by Gasteiger charge is 2.27. The van der Waals surface area contributed by atoms with Crippen molar-refractivity contribution in [2.24, 2.45) is 5.73 Å². The number of ether oxygens (including phenoxy) is 2. The molecule has 3 heteroatoms. The molecular weight excluding hydrogens is 250 g/mol. The van der Waals surface area contributed by atoms with E-state index in [1.165, 1.54) is 11.1 Å². The first-order valence-corrected chi connectivity index (χ1v) is 6.84. The Morgan fingerprint density at radius 1 is 1.20 bits per heavy atom. The third kappa shape index (κ3) is 2.37. The van der Waals surface area contributed by atoms with Crippen molar-refractivity contribution in [3.8, 4) is 11.5 Å². The number of rotatable bonds is 2. The minimum Gasteiger partial charge on any atom is -0.497 e.